The van der Waals surface area contributed by atoms with E-state index in [0.717, 1.165) is 25.2 Å². The van der Waals surface area contributed by atoms with Crippen LogP contribution >= 0.6 is 0 Å². The maximum absolute atomic E-state index is 14.3. The molecule has 0 radical (unpaired) electrons. The molecule has 146 valence electrons. The molecule has 3 heterocycles. The molecule has 0 aliphatic carbocycles. The van der Waals surface area contributed by atoms with Gasteiger partial charge in [0.1, 0.15) is 11.5 Å². The lowest BCUT2D eigenvalue weighted by molar-refractivity contribution is 0.0957. The zero-order valence-electron chi connectivity index (χ0n) is 16.1. The first-order valence-corrected chi connectivity index (χ1v) is 9.13. The summed E-state index contributed by atoms with van der Waals surface area (Å²) in [6.45, 7) is 7.78. The third-order valence-corrected chi connectivity index (χ3v) is 4.25. The van der Waals surface area contributed by atoms with E-state index in [9.17, 15) is 9.18 Å². The van der Waals surface area contributed by atoms with Crippen LogP contribution < -0.4 is 16.0 Å². The summed E-state index contributed by atoms with van der Waals surface area (Å²) >= 11 is 0. The molecule has 0 unspecified atom stereocenters. The van der Waals surface area contributed by atoms with Gasteiger partial charge in [-0.3, -0.25) is 9.69 Å². The summed E-state index contributed by atoms with van der Waals surface area (Å²) in [5.41, 5.74) is 7.33. The Labute approximate surface area is 159 Å². The highest BCUT2D eigenvalue weighted by Crippen LogP contribution is 2.20. The summed E-state index contributed by atoms with van der Waals surface area (Å²) in [7, 11) is 1.49. The molecular weight excluding hydrogens is 347 g/mol. The number of anilines is 2. The highest BCUT2D eigenvalue weighted by atomic mass is 19.1. The largest absolute Gasteiger partial charge is 0.384 e. The number of piperazine rings is 1. The number of rotatable bonds is 4. The Balaban J connectivity index is 0.00000126. The number of aromatic nitrogens is 2. The van der Waals surface area contributed by atoms with E-state index in [2.05, 4.69) is 20.2 Å². The van der Waals surface area contributed by atoms with Gasteiger partial charge in [-0.05, 0) is 29.8 Å². The Kier molecular flexibility index (Phi) is 7.48. The molecule has 2 aromatic heterocycles. The molecule has 3 rings (SSSR count). The van der Waals surface area contributed by atoms with Gasteiger partial charge in [0.15, 0.2) is 0 Å². The summed E-state index contributed by atoms with van der Waals surface area (Å²) < 4.78 is 14.3. The fraction of sp³-hybridized carbons (Fsp3) is 0.421. The van der Waals surface area contributed by atoms with Gasteiger partial charge in [-0.15, -0.1) is 0 Å². The Bertz CT molecular complexity index is 762. The van der Waals surface area contributed by atoms with E-state index in [1.165, 1.54) is 7.05 Å². The monoisotopic (exact) mass is 374 g/mol. The van der Waals surface area contributed by atoms with Crippen LogP contribution in [0.25, 0.3) is 0 Å². The summed E-state index contributed by atoms with van der Waals surface area (Å²) in [4.78, 5) is 23.5. The van der Waals surface area contributed by atoms with Crippen molar-refractivity contribution in [3.63, 3.8) is 0 Å². The molecule has 1 saturated heterocycles. The first kappa shape index (κ1) is 20.6. The van der Waals surface area contributed by atoms with Crippen LogP contribution in [0, 0.1) is 5.95 Å². The molecule has 1 aliphatic rings. The predicted octanol–water partition coefficient (Wildman–Crippen LogP) is 1.91. The number of halogens is 1. The SMILES string of the molecule is CC.CNC(=O)c1ccc(N2CCN(Cc3ccnc(N)c3)CC2)c(F)n1. The lowest BCUT2D eigenvalue weighted by Gasteiger charge is -2.36. The molecule has 27 heavy (non-hydrogen) atoms. The summed E-state index contributed by atoms with van der Waals surface area (Å²) in [6.07, 6.45) is 1.70. The number of carbonyl (C=O) groups excluding carboxylic acids is 1. The molecular formula is C19H27FN6O. The van der Waals surface area contributed by atoms with Crippen LogP contribution in [0.4, 0.5) is 15.9 Å². The Hall–Kier alpha value is -2.74. The van der Waals surface area contributed by atoms with Crippen LogP contribution in [0.15, 0.2) is 30.5 Å². The van der Waals surface area contributed by atoms with E-state index in [4.69, 9.17) is 5.73 Å². The van der Waals surface area contributed by atoms with Gasteiger partial charge in [0, 0.05) is 46.0 Å². The number of amides is 1. The van der Waals surface area contributed by atoms with E-state index in [1.807, 2.05) is 30.9 Å². The van der Waals surface area contributed by atoms with Gasteiger partial charge in [0.2, 0.25) is 5.95 Å². The summed E-state index contributed by atoms with van der Waals surface area (Å²) in [5.74, 6) is -0.496. The molecule has 1 aliphatic heterocycles. The fourth-order valence-corrected chi connectivity index (χ4v) is 2.92. The second-order valence-electron chi connectivity index (χ2n) is 5.94. The predicted molar refractivity (Wildman–Crippen MR) is 105 cm³/mol. The lowest BCUT2D eigenvalue weighted by Crippen LogP contribution is -2.46. The number of hydrogen-bond acceptors (Lipinski definition) is 6. The van der Waals surface area contributed by atoms with Crippen molar-refractivity contribution in [3.8, 4) is 0 Å². The average Bonchev–Trinajstić information content (AvgIpc) is 2.69. The standard InChI is InChI=1S/C17H21FN6O.C2H6/c1-20-17(25)13-2-3-14(16(18)22-13)24-8-6-23(7-9-24)11-12-4-5-21-15(19)10-12;1-2/h2-5,10H,6-9,11H2,1H3,(H2,19,21)(H,20,25);1-2H3. The van der Waals surface area contributed by atoms with E-state index in [0.29, 0.717) is 24.6 Å². The molecule has 0 aromatic carbocycles. The van der Waals surface area contributed by atoms with Gasteiger partial charge >= 0.3 is 0 Å². The van der Waals surface area contributed by atoms with Crippen LogP contribution in [0.1, 0.15) is 29.9 Å². The average molecular weight is 374 g/mol. The van der Waals surface area contributed by atoms with Crippen molar-refractivity contribution in [2.75, 3.05) is 43.9 Å². The fourth-order valence-electron chi connectivity index (χ4n) is 2.92. The highest BCUT2D eigenvalue weighted by molar-refractivity contribution is 5.92. The zero-order valence-corrected chi connectivity index (χ0v) is 16.1. The van der Waals surface area contributed by atoms with Crippen molar-refractivity contribution >= 4 is 17.4 Å². The van der Waals surface area contributed by atoms with Gasteiger partial charge in [-0.2, -0.15) is 4.39 Å². The van der Waals surface area contributed by atoms with Crippen molar-refractivity contribution in [2.24, 2.45) is 0 Å². The van der Waals surface area contributed by atoms with Crippen molar-refractivity contribution in [1.29, 1.82) is 0 Å². The van der Waals surface area contributed by atoms with E-state index in [-0.39, 0.29) is 5.69 Å². The second kappa shape index (κ2) is 9.82. The first-order valence-electron chi connectivity index (χ1n) is 9.13. The maximum atomic E-state index is 14.3. The van der Waals surface area contributed by atoms with Crippen molar-refractivity contribution in [2.45, 2.75) is 20.4 Å². The number of nitrogens with one attached hydrogen (secondary N) is 1. The number of nitrogens with zero attached hydrogens (tertiary/aromatic N) is 4. The molecule has 0 spiro atoms. The zero-order chi connectivity index (χ0) is 19.8. The highest BCUT2D eigenvalue weighted by Gasteiger charge is 2.21. The number of carbonyl (C=O) groups is 1. The minimum atomic E-state index is -0.614. The summed E-state index contributed by atoms with van der Waals surface area (Å²) in [5, 5.41) is 2.44. The van der Waals surface area contributed by atoms with Crippen LogP contribution in [0.5, 0.6) is 0 Å². The van der Waals surface area contributed by atoms with Gasteiger partial charge in [0.05, 0.1) is 5.69 Å². The van der Waals surface area contributed by atoms with Gasteiger partial charge in [-0.25, -0.2) is 9.97 Å². The number of hydrogen-bond donors (Lipinski definition) is 2. The van der Waals surface area contributed by atoms with Crippen LogP contribution in [-0.4, -0.2) is 54.0 Å². The summed E-state index contributed by atoms with van der Waals surface area (Å²) in [6, 6.07) is 6.98. The maximum Gasteiger partial charge on any atom is 0.269 e. The molecule has 3 N–H and O–H groups in total. The number of nitrogens with two attached hydrogens (primary N) is 1. The van der Waals surface area contributed by atoms with Crippen molar-refractivity contribution < 1.29 is 9.18 Å². The second-order valence-corrected chi connectivity index (χ2v) is 5.94. The normalized spacial score (nSPS) is 14.3. The van der Waals surface area contributed by atoms with Crippen LogP contribution in [-0.2, 0) is 6.54 Å². The molecule has 2 aromatic rings. The Morgan fingerprint density at radius 2 is 1.93 bits per heavy atom. The van der Waals surface area contributed by atoms with E-state index >= 15 is 0 Å². The van der Waals surface area contributed by atoms with Gasteiger partial charge < -0.3 is 16.0 Å². The van der Waals surface area contributed by atoms with Gasteiger partial charge in [0.25, 0.3) is 5.91 Å². The molecule has 1 amide bonds. The minimum Gasteiger partial charge on any atom is -0.384 e. The Morgan fingerprint density at radius 1 is 1.22 bits per heavy atom. The number of pyridine rings is 2. The first-order chi connectivity index (χ1) is 13.1. The molecule has 1 fully saturated rings. The quantitative estimate of drug-likeness (QED) is 0.795. The van der Waals surface area contributed by atoms with E-state index in [1.54, 1.807) is 18.3 Å². The van der Waals surface area contributed by atoms with Crippen LogP contribution in [0.2, 0.25) is 0 Å². The molecule has 7 nitrogen and oxygen atoms in total. The Morgan fingerprint density at radius 3 is 2.52 bits per heavy atom. The smallest absolute Gasteiger partial charge is 0.269 e. The van der Waals surface area contributed by atoms with Crippen LogP contribution in [0.3, 0.4) is 0 Å². The lowest BCUT2D eigenvalue weighted by atomic mass is 10.2. The van der Waals surface area contributed by atoms with Crippen molar-refractivity contribution in [1.82, 2.24) is 20.2 Å². The number of nitrogen functional groups attached to an aromatic ring is 1. The molecule has 8 heteroatoms. The molecule has 0 saturated carbocycles. The van der Waals surface area contributed by atoms with Gasteiger partial charge in [-0.1, -0.05) is 13.8 Å². The third-order valence-electron chi connectivity index (χ3n) is 4.25. The van der Waals surface area contributed by atoms with Crippen molar-refractivity contribution in [3.05, 3.63) is 47.7 Å². The topological polar surface area (TPSA) is 87.4 Å². The third kappa shape index (κ3) is 5.37. The van der Waals surface area contributed by atoms with E-state index < -0.39 is 11.9 Å². The molecule has 0 bridgehead atoms. The minimum absolute atomic E-state index is 0.0812. The molecule has 0 atom stereocenters.